The average molecular weight is 510 g/mol. The van der Waals surface area contributed by atoms with Crippen LogP contribution >= 0.6 is 12.6 Å². The van der Waals surface area contributed by atoms with Crippen LogP contribution in [0.4, 0.5) is 4.79 Å². The maximum absolute atomic E-state index is 13.8. The van der Waals surface area contributed by atoms with Gasteiger partial charge < -0.3 is 25.4 Å². The molecular weight excluding hydrogens is 466 g/mol. The Morgan fingerprint density at radius 3 is 2.29 bits per heavy atom. The van der Waals surface area contributed by atoms with Crippen molar-refractivity contribution in [1.82, 2.24) is 15.5 Å². The van der Waals surface area contributed by atoms with E-state index in [1.54, 1.807) is 39.8 Å². The van der Waals surface area contributed by atoms with Gasteiger partial charge in [0.05, 0.1) is 0 Å². The Balaban J connectivity index is 3.41. The molecule has 1 rings (SSSR count). The number of benzene rings is 1. The fraction of sp³-hybridized carbons (Fsp3) is 0.654. The summed E-state index contributed by atoms with van der Waals surface area (Å²) in [5.74, 6) is -0.602. The number of hydrogen-bond acceptors (Lipinski definition) is 6. The zero-order chi connectivity index (χ0) is 26.8. The molecule has 2 unspecified atom stereocenters. The summed E-state index contributed by atoms with van der Waals surface area (Å²) < 4.78 is 5.33. The fourth-order valence-corrected chi connectivity index (χ4v) is 3.84. The van der Waals surface area contributed by atoms with Crippen molar-refractivity contribution in [3.8, 4) is 5.75 Å². The molecule has 35 heavy (non-hydrogen) atoms. The number of amides is 3. The number of thiol groups is 1. The number of alkyl carbamates (subject to hydrolysis) is 1. The van der Waals surface area contributed by atoms with Gasteiger partial charge in [-0.15, -0.1) is 0 Å². The summed E-state index contributed by atoms with van der Waals surface area (Å²) in [5, 5.41) is 15.5. The molecule has 0 spiro atoms. The van der Waals surface area contributed by atoms with E-state index < -0.39 is 29.7 Å². The number of rotatable bonds is 12. The number of carbonyl (C=O) groups is 3. The second-order valence-electron chi connectivity index (χ2n) is 10.1. The minimum atomic E-state index is -0.980. The van der Waals surface area contributed by atoms with Gasteiger partial charge in [-0.25, -0.2) is 4.79 Å². The number of hydrogen-bond donors (Lipinski definition) is 4. The van der Waals surface area contributed by atoms with E-state index in [-0.39, 0.29) is 23.5 Å². The Morgan fingerprint density at radius 1 is 1.11 bits per heavy atom. The lowest BCUT2D eigenvalue weighted by molar-refractivity contribution is -0.142. The van der Waals surface area contributed by atoms with Gasteiger partial charge in [0.2, 0.25) is 11.8 Å². The Bertz CT molecular complexity index is 854. The Hall–Kier alpha value is -2.42. The van der Waals surface area contributed by atoms with E-state index in [2.05, 4.69) is 30.2 Å². The zero-order valence-corrected chi connectivity index (χ0v) is 23.1. The van der Waals surface area contributed by atoms with E-state index in [0.29, 0.717) is 24.1 Å². The summed E-state index contributed by atoms with van der Waals surface area (Å²) in [7, 11) is 0. The maximum Gasteiger partial charge on any atom is 0.408 e. The summed E-state index contributed by atoms with van der Waals surface area (Å²) in [5.41, 5.74) is 0.454. The van der Waals surface area contributed by atoms with Crippen LogP contribution in [0.1, 0.15) is 84.4 Å². The second kappa shape index (κ2) is 14.2. The van der Waals surface area contributed by atoms with Gasteiger partial charge in [0.1, 0.15) is 23.4 Å². The molecule has 0 bridgehead atoms. The van der Waals surface area contributed by atoms with Crippen LogP contribution in [-0.4, -0.2) is 57.9 Å². The third kappa shape index (κ3) is 10.4. The molecule has 0 saturated heterocycles. The molecule has 0 aliphatic heterocycles. The van der Waals surface area contributed by atoms with Crippen molar-refractivity contribution in [1.29, 1.82) is 0 Å². The van der Waals surface area contributed by atoms with Gasteiger partial charge in [0.25, 0.3) is 0 Å². The molecule has 8 nitrogen and oxygen atoms in total. The van der Waals surface area contributed by atoms with Gasteiger partial charge >= 0.3 is 6.09 Å². The standard InChI is InChI=1S/C26H43N3O5S/c1-8-9-10-11-14-29(24(32)20(16-35)28-25(33)34-26(5,6)7)22(23(31)27-17(2)3)19-12-13-21(30)18(4)15-19/h12-13,15,17,20,22,30,35H,8-11,14,16H2,1-7H3,(H,27,31)(H,28,33). The lowest BCUT2D eigenvalue weighted by atomic mass is 9.99. The Morgan fingerprint density at radius 2 is 1.77 bits per heavy atom. The van der Waals surface area contributed by atoms with E-state index in [1.165, 1.54) is 11.0 Å². The van der Waals surface area contributed by atoms with Crippen LogP contribution in [0.3, 0.4) is 0 Å². The molecule has 0 aliphatic carbocycles. The van der Waals surface area contributed by atoms with Gasteiger partial charge in [-0.1, -0.05) is 32.3 Å². The minimum absolute atomic E-state index is 0.0384. The normalized spacial score (nSPS) is 13.2. The predicted molar refractivity (Wildman–Crippen MR) is 142 cm³/mol. The molecule has 3 amide bonds. The molecule has 1 aromatic carbocycles. The molecule has 0 aromatic heterocycles. The summed E-state index contributed by atoms with van der Waals surface area (Å²) in [6.07, 6.45) is 2.92. The van der Waals surface area contributed by atoms with E-state index in [4.69, 9.17) is 4.74 Å². The van der Waals surface area contributed by atoms with Gasteiger partial charge in [0, 0.05) is 18.3 Å². The number of aryl methyl sites for hydroxylation is 1. The number of aromatic hydroxyl groups is 1. The average Bonchev–Trinajstić information content (AvgIpc) is 2.74. The highest BCUT2D eigenvalue weighted by molar-refractivity contribution is 7.80. The quantitative estimate of drug-likeness (QED) is 0.245. The van der Waals surface area contributed by atoms with Crippen LogP contribution in [0, 0.1) is 6.92 Å². The Labute approximate surface area is 215 Å². The first-order valence-electron chi connectivity index (χ1n) is 12.3. The molecule has 9 heteroatoms. The predicted octanol–water partition coefficient (Wildman–Crippen LogP) is 4.50. The van der Waals surface area contributed by atoms with E-state index in [1.807, 2.05) is 13.8 Å². The van der Waals surface area contributed by atoms with Crippen molar-refractivity contribution < 1.29 is 24.2 Å². The van der Waals surface area contributed by atoms with Crippen LogP contribution in [0.25, 0.3) is 0 Å². The molecular formula is C26H43N3O5S. The number of phenols is 1. The minimum Gasteiger partial charge on any atom is -0.508 e. The SMILES string of the molecule is CCCCCCN(C(=O)C(CS)NC(=O)OC(C)(C)C)C(C(=O)NC(C)C)c1ccc(O)c(C)c1. The number of nitrogens with one attached hydrogen (secondary N) is 2. The molecule has 198 valence electrons. The number of nitrogens with zero attached hydrogens (tertiary/aromatic N) is 1. The molecule has 0 aliphatic rings. The van der Waals surface area contributed by atoms with E-state index >= 15 is 0 Å². The number of unbranched alkanes of at least 4 members (excludes halogenated alkanes) is 3. The van der Waals surface area contributed by atoms with E-state index in [9.17, 15) is 19.5 Å². The highest BCUT2D eigenvalue weighted by Crippen LogP contribution is 2.28. The monoisotopic (exact) mass is 509 g/mol. The molecule has 0 fully saturated rings. The third-order valence-corrected chi connectivity index (χ3v) is 5.60. The van der Waals surface area contributed by atoms with Crippen molar-refractivity contribution >= 4 is 30.5 Å². The largest absolute Gasteiger partial charge is 0.508 e. The number of ether oxygens (including phenoxy) is 1. The van der Waals surface area contributed by atoms with Gasteiger partial charge in [-0.3, -0.25) is 9.59 Å². The van der Waals surface area contributed by atoms with Gasteiger partial charge in [-0.2, -0.15) is 12.6 Å². The highest BCUT2D eigenvalue weighted by Gasteiger charge is 2.36. The van der Waals surface area contributed by atoms with E-state index in [0.717, 1.165) is 19.3 Å². The summed E-state index contributed by atoms with van der Waals surface area (Å²) in [6.45, 7) is 13.1. The van der Waals surface area contributed by atoms with Crippen molar-refractivity contribution in [3.05, 3.63) is 29.3 Å². The number of phenolic OH excluding ortho intramolecular Hbond substituents is 1. The lowest BCUT2D eigenvalue weighted by Crippen LogP contribution is -2.54. The summed E-state index contributed by atoms with van der Waals surface area (Å²) in [6, 6.07) is 2.83. The molecule has 0 radical (unpaired) electrons. The summed E-state index contributed by atoms with van der Waals surface area (Å²) >= 11 is 4.30. The van der Waals surface area contributed by atoms with Crippen LogP contribution < -0.4 is 10.6 Å². The van der Waals surface area contributed by atoms with Crippen LogP contribution in [-0.2, 0) is 14.3 Å². The third-order valence-electron chi connectivity index (χ3n) is 5.23. The van der Waals surface area contributed by atoms with Crippen LogP contribution in [0.2, 0.25) is 0 Å². The van der Waals surface area contributed by atoms with Gasteiger partial charge in [-0.05, 0) is 71.2 Å². The molecule has 0 heterocycles. The first kappa shape index (κ1) is 30.6. The topological polar surface area (TPSA) is 108 Å². The molecule has 0 saturated carbocycles. The lowest BCUT2D eigenvalue weighted by Gasteiger charge is -2.35. The molecule has 2 atom stereocenters. The maximum atomic E-state index is 13.8. The van der Waals surface area contributed by atoms with Crippen molar-refractivity contribution in [2.45, 2.75) is 97.9 Å². The summed E-state index contributed by atoms with van der Waals surface area (Å²) in [4.78, 5) is 41.1. The second-order valence-corrected chi connectivity index (χ2v) is 10.5. The van der Waals surface area contributed by atoms with Gasteiger partial charge in [0.15, 0.2) is 0 Å². The van der Waals surface area contributed by atoms with Crippen LogP contribution in [0.15, 0.2) is 18.2 Å². The van der Waals surface area contributed by atoms with Crippen molar-refractivity contribution in [2.24, 2.45) is 0 Å². The van der Waals surface area contributed by atoms with Crippen molar-refractivity contribution in [3.63, 3.8) is 0 Å². The first-order valence-corrected chi connectivity index (χ1v) is 12.9. The first-order chi connectivity index (χ1) is 16.3. The molecule has 1 aromatic rings. The van der Waals surface area contributed by atoms with Crippen molar-refractivity contribution in [2.75, 3.05) is 12.3 Å². The molecule has 3 N–H and O–H groups in total. The number of carbonyl (C=O) groups excluding carboxylic acids is 3. The highest BCUT2D eigenvalue weighted by atomic mass is 32.1. The smallest absolute Gasteiger partial charge is 0.408 e. The zero-order valence-electron chi connectivity index (χ0n) is 22.2. The fourth-order valence-electron chi connectivity index (χ4n) is 3.60. The van der Waals surface area contributed by atoms with Crippen LogP contribution in [0.5, 0.6) is 5.75 Å². The Kier molecular flexibility index (Phi) is 12.4.